The molecule has 0 radical (unpaired) electrons. The summed E-state index contributed by atoms with van der Waals surface area (Å²) in [6.45, 7) is 1.14. The Morgan fingerprint density at radius 1 is 1.62 bits per heavy atom. The van der Waals surface area contributed by atoms with Crippen LogP contribution in [0.4, 0.5) is 0 Å². The van der Waals surface area contributed by atoms with Gasteiger partial charge in [-0.3, -0.25) is 4.79 Å². The van der Waals surface area contributed by atoms with Gasteiger partial charge in [-0.15, -0.1) is 0 Å². The Morgan fingerprint density at radius 3 is 3.00 bits per heavy atom. The summed E-state index contributed by atoms with van der Waals surface area (Å²) < 4.78 is 5.06. The van der Waals surface area contributed by atoms with Crippen molar-refractivity contribution in [2.45, 2.75) is 6.04 Å². The summed E-state index contributed by atoms with van der Waals surface area (Å²) in [5.41, 5.74) is 0. The number of furan rings is 1. The van der Waals surface area contributed by atoms with Gasteiger partial charge < -0.3 is 19.7 Å². The fourth-order valence-corrected chi connectivity index (χ4v) is 1.75. The van der Waals surface area contributed by atoms with Crippen LogP contribution in [0, 0.1) is 0 Å². The van der Waals surface area contributed by atoms with Crippen LogP contribution in [0.1, 0.15) is 11.8 Å². The van der Waals surface area contributed by atoms with Crippen LogP contribution in [0.25, 0.3) is 0 Å². The van der Waals surface area contributed by atoms with Crippen LogP contribution in [-0.4, -0.2) is 41.5 Å². The molecule has 2 N–H and O–H groups in total. The first-order valence-corrected chi connectivity index (χ1v) is 4.96. The minimum atomic E-state index is -1.08. The van der Waals surface area contributed by atoms with E-state index in [-0.39, 0.29) is 18.2 Å². The molecule has 1 aromatic heterocycles. The van der Waals surface area contributed by atoms with E-state index in [0.717, 1.165) is 0 Å². The van der Waals surface area contributed by atoms with Crippen molar-refractivity contribution in [3.8, 4) is 0 Å². The van der Waals surface area contributed by atoms with Crippen LogP contribution in [-0.2, 0) is 9.59 Å². The average Bonchev–Trinajstić information content (AvgIpc) is 2.74. The minimum Gasteiger partial charge on any atom is -0.479 e. The van der Waals surface area contributed by atoms with Gasteiger partial charge in [-0.1, -0.05) is 0 Å². The molecule has 1 aliphatic heterocycles. The van der Waals surface area contributed by atoms with Crippen molar-refractivity contribution in [3.63, 3.8) is 0 Å². The molecule has 2 rings (SSSR count). The third-order valence-electron chi connectivity index (χ3n) is 2.48. The summed E-state index contributed by atoms with van der Waals surface area (Å²) in [5.74, 6) is -1.02. The van der Waals surface area contributed by atoms with Gasteiger partial charge in [0.15, 0.2) is 6.04 Å². The predicted octanol–water partition coefficient (Wildman–Crippen LogP) is -0.163. The van der Waals surface area contributed by atoms with E-state index in [1.807, 2.05) is 0 Å². The molecular formula is C10H12N2O4. The topological polar surface area (TPSA) is 82.8 Å². The van der Waals surface area contributed by atoms with Crippen LogP contribution in [0.15, 0.2) is 22.8 Å². The molecular weight excluding hydrogens is 212 g/mol. The molecule has 86 valence electrons. The second-order valence-electron chi connectivity index (χ2n) is 3.52. The molecule has 1 unspecified atom stereocenters. The Balaban J connectivity index is 2.25. The van der Waals surface area contributed by atoms with Gasteiger partial charge in [0.1, 0.15) is 5.76 Å². The van der Waals surface area contributed by atoms with E-state index < -0.39 is 12.0 Å². The quantitative estimate of drug-likeness (QED) is 0.745. The summed E-state index contributed by atoms with van der Waals surface area (Å²) in [6, 6.07) is 2.15. The summed E-state index contributed by atoms with van der Waals surface area (Å²) in [7, 11) is 0. The lowest BCUT2D eigenvalue weighted by Gasteiger charge is -2.31. The monoisotopic (exact) mass is 224 g/mol. The molecule has 1 atom stereocenters. The van der Waals surface area contributed by atoms with Crippen LogP contribution >= 0.6 is 0 Å². The maximum atomic E-state index is 11.6. The third-order valence-corrected chi connectivity index (χ3v) is 2.48. The van der Waals surface area contributed by atoms with E-state index in [0.29, 0.717) is 13.1 Å². The maximum absolute atomic E-state index is 11.6. The highest BCUT2D eigenvalue weighted by atomic mass is 16.4. The number of amides is 1. The summed E-state index contributed by atoms with van der Waals surface area (Å²) in [4.78, 5) is 24.1. The number of carbonyl (C=O) groups is 2. The van der Waals surface area contributed by atoms with Crippen molar-refractivity contribution >= 4 is 11.9 Å². The fraction of sp³-hybridized carbons (Fsp3) is 0.400. The van der Waals surface area contributed by atoms with Crippen LogP contribution < -0.4 is 5.32 Å². The minimum absolute atomic E-state index is 0.171. The fourth-order valence-electron chi connectivity index (χ4n) is 1.75. The number of nitrogens with one attached hydrogen (secondary N) is 1. The molecule has 1 fully saturated rings. The standard InChI is InChI=1S/C10H12N2O4/c13-8-6-11-3-4-12(8)9(10(14)15)7-2-1-5-16-7/h1-2,5,9,11H,3-4,6H2,(H,14,15). The molecule has 1 aromatic rings. The van der Waals surface area contributed by atoms with Crippen molar-refractivity contribution in [1.82, 2.24) is 10.2 Å². The highest BCUT2D eigenvalue weighted by Gasteiger charge is 2.34. The summed E-state index contributed by atoms with van der Waals surface area (Å²) >= 11 is 0. The third kappa shape index (κ3) is 1.92. The lowest BCUT2D eigenvalue weighted by atomic mass is 10.1. The molecule has 0 saturated carbocycles. The van der Waals surface area contributed by atoms with Gasteiger partial charge in [-0.25, -0.2) is 4.79 Å². The lowest BCUT2D eigenvalue weighted by molar-refractivity contribution is -0.152. The molecule has 0 bridgehead atoms. The Labute approximate surface area is 91.8 Å². The van der Waals surface area contributed by atoms with Gasteiger partial charge in [0.25, 0.3) is 0 Å². The number of hydrogen-bond donors (Lipinski definition) is 2. The number of rotatable bonds is 3. The van der Waals surface area contributed by atoms with Gasteiger partial charge in [0, 0.05) is 13.1 Å². The van der Waals surface area contributed by atoms with Crippen molar-refractivity contribution < 1.29 is 19.1 Å². The van der Waals surface area contributed by atoms with Crippen molar-refractivity contribution in [2.24, 2.45) is 0 Å². The molecule has 6 heteroatoms. The van der Waals surface area contributed by atoms with E-state index in [2.05, 4.69) is 5.32 Å². The molecule has 1 saturated heterocycles. The largest absolute Gasteiger partial charge is 0.479 e. The molecule has 1 aliphatic rings. The number of hydrogen-bond acceptors (Lipinski definition) is 4. The van der Waals surface area contributed by atoms with Gasteiger partial charge in [-0.05, 0) is 12.1 Å². The maximum Gasteiger partial charge on any atom is 0.334 e. The Kier molecular flexibility index (Phi) is 2.91. The van der Waals surface area contributed by atoms with E-state index in [1.165, 1.54) is 11.2 Å². The van der Waals surface area contributed by atoms with Crippen molar-refractivity contribution in [2.75, 3.05) is 19.6 Å². The zero-order valence-electron chi connectivity index (χ0n) is 8.55. The molecule has 1 amide bonds. The Bertz CT molecular complexity index is 388. The van der Waals surface area contributed by atoms with Crippen LogP contribution in [0.2, 0.25) is 0 Å². The Morgan fingerprint density at radius 2 is 2.44 bits per heavy atom. The SMILES string of the molecule is O=C(O)C(c1ccco1)N1CCNCC1=O. The van der Waals surface area contributed by atoms with Gasteiger partial charge in [-0.2, -0.15) is 0 Å². The first kappa shape index (κ1) is 10.7. The number of carbonyl (C=O) groups excluding carboxylic acids is 1. The van der Waals surface area contributed by atoms with Gasteiger partial charge in [0.05, 0.1) is 12.8 Å². The highest BCUT2D eigenvalue weighted by molar-refractivity contribution is 5.85. The first-order valence-electron chi connectivity index (χ1n) is 4.96. The number of carboxylic acid groups (broad SMARTS) is 1. The van der Waals surface area contributed by atoms with E-state index in [1.54, 1.807) is 12.1 Å². The zero-order valence-corrected chi connectivity index (χ0v) is 8.55. The average molecular weight is 224 g/mol. The Hall–Kier alpha value is -1.82. The molecule has 0 aromatic carbocycles. The van der Waals surface area contributed by atoms with Crippen LogP contribution in [0.3, 0.4) is 0 Å². The number of aliphatic carboxylic acids is 1. The smallest absolute Gasteiger partial charge is 0.334 e. The summed E-state index contributed by atoms with van der Waals surface area (Å²) in [6.07, 6.45) is 1.40. The molecule has 16 heavy (non-hydrogen) atoms. The predicted molar refractivity (Wildman–Crippen MR) is 53.7 cm³/mol. The van der Waals surface area contributed by atoms with Crippen LogP contribution in [0.5, 0.6) is 0 Å². The van der Waals surface area contributed by atoms with Crippen molar-refractivity contribution in [1.29, 1.82) is 0 Å². The second kappa shape index (κ2) is 4.36. The highest BCUT2D eigenvalue weighted by Crippen LogP contribution is 2.22. The number of piperazine rings is 1. The lowest BCUT2D eigenvalue weighted by Crippen LogP contribution is -2.51. The van der Waals surface area contributed by atoms with E-state index in [4.69, 9.17) is 9.52 Å². The van der Waals surface area contributed by atoms with E-state index >= 15 is 0 Å². The van der Waals surface area contributed by atoms with Gasteiger partial charge >= 0.3 is 5.97 Å². The number of carboxylic acids is 1. The molecule has 0 spiro atoms. The molecule has 6 nitrogen and oxygen atoms in total. The number of nitrogens with zero attached hydrogens (tertiary/aromatic N) is 1. The zero-order chi connectivity index (χ0) is 11.5. The van der Waals surface area contributed by atoms with Crippen molar-refractivity contribution in [3.05, 3.63) is 24.2 Å². The summed E-state index contributed by atoms with van der Waals surface area (Å²) in [5, 5.41) is 12.0. The van der Waals surface area contributed by atoms with Gasteiger partial charge in [0.2, 0.25) is 5.91 Å². The second-order valence-corrected chi connectivity index (χ2v) is 3.52. The normalized spacial score (nSPS) is 18.5. The molecule has 2 heterocycles. The van der Waals surface area contributed by atoms with E-state index in [9.17, 15) is 9.59 Å². The molecule has 0 aliphatic carbocycles. The first-order chi connectivity index (χ1) is 7.70.